The minimum absolute atomic E-state index is 0.0166. The van der Waals surface area contributed by atoms with Gasteiger partial charge in [-0.25, -0.2) is 0 Å². The number of carbonyl (C=O) groups is 1. The normalized spacial score (nSPS) is 16.6. The predicted octanol–water partition coefficient (Wildman–Crippen LogP) is 5.80. The van der Waals surface area contributed by atoms with Crippen LogP contribution in [-0.2, 0) is 10.9 Å². The minimum Gasteiger partial charge on any atom is -0.381 e. The second kappa shape index (κ2) is 8.35. The number of nitrogens with one attached hydrogen (secondary N) is 1. The summed E-state index contributed by atoms with van der Waals surface area (Å²) in [5.41, 5.74) is 1.87. The maximum atomic E-state index is 12.9. The van der Waals surface area contributed by atoms with E-state index in [-0.39, 0.29) is 5.56 Å². The molecule has 0 radical (unpaired) electrons. The quantitative estimate of drug-likeness (QED) is 0.716. The van der Waals surface area contributed by atoms with Crippen molar-refractivity contribution < 1.29 is 22.7 Å². The molecule has 1 unspecified atom stereocenters. The van der Waals surface area contributed by atoms with Crippen molar-refractivity contribution in [2.24, 2.45) is 5.92 Å². The first kappa shape index (κ1) is 20.4. The first-order valence-corrected chi connectivity index (χ1v) is 9.43. The number of benzene rings is 2. The Morgan fingerprint density at radius 1 is 1.14 bits per heavy atom. The van der Waals surface area contributed by atoms with Crippen LogP contribution in [0.5, 0.6) is 0 Å². The summed E-state index contributed by atoms with van der Waals surface area (Å²) in [6, 6.07) is 10.2. The van der Waals surface area contributed by atoms with Gasteiger partial charge in [0.2, 0.25) is 0 Å². The van der Waals surface area contributed by atoms with Gasteiger partial charge < -0.3 is 10.1 Å². The summed E-state index contributed by atoms with van der Waals surface area (Å²) >= 11 is 0. The second-order valence-electron chi connectivity index (χ2n) is 7.29. The fourth-order valence-electron chi connectivity index (χ4n) is 3.78. The Morgan fingerprint density at radius 2 is 1.82 bits per heavy atom. The highest BCUT2D eigenvalue weighted by molar-refractivity contribution is 6.04. The highest BCUT2D eigenvalue weighted by atomic mass is 19.4. The lowest BCUT2D eigenvalue weighted by atomic mass is 9.81. The number of alkyl halides is 3. The van der Waals surface area contributed by atoms with Crippen LogP contribution in [0.3, 0.4) is 0 Å². The van der Waals surface area contributed by atoms with Gasteiger partial charge in [0.25, 0.3) is 5.91 Å². The zero-order valence-corrected chi connectivity index (χ0v) is 16.0. The van der Waals surface area contributed by atoms with Gasteiger partial charge in [-0.3, -0.25) is 4.79 Å². The van der Waals surface area contributed by atoms with Crippen molar-refractivity contribution in [3.63, 3.8) is 0 Å². The number of rotatable bonds is 4. The van der Waals surface area contributed by atoms with Gasteiger partial charge in [-0.2, -0.15) is 13.2 Å². The first-order chi connectivity index (χ1) is 13.3. The molecule has 0 aromatic heterocycles. The molecule has 28 heavy (non-hydrogen) atoms. The van der Waals surface area contributed by atoms with E-state index in [4.69, 9.17) is 4.74 Å². The van der Waals surface area contributed by atoms with E-state index >= 15 is 0 Å². The Bertz CT molecular complexity index is 842. The van der Waals surface area contributed by atoms with Gasteiger partial charge in [0, 0.05) is 24.5 Å². The standard InChI is InChI=1S/C22H24F3NO2/c1-14(16-9-11-28-12-10-16)19-7-4-8-20(15(19)2)26-21(27)17-5-3-6-18(13-17)22(23,24)25/h3-8,13-14,16H,9-12H2,1-2H3,(H,26,27). The molecular weight excluding hydrogens is 367 g/mol. The largest absolute Gasteiger partial charge is 0.416 e. The molecule has 1 aliphatic heterocycles. The molecule has 3 nitrogen and oxygen atoms in total. The highest BCUT2D eigenvalue weighted by Crippen LogP contribution is 2.35. The topological polar surface area (TPSA) is 38.3 Å². The van der Waals surface area contributed by atoms with E-state index in [0.29, 0.717) is 17.5 Å². The average Bonchev–Trinajstić information content (AvgIpc) is 2.69. The van der Waals surface area contributed by atoms with E-state index in [0.717, 1.165) is 49.3 Å². The molecule has 2 aromatic rings. The molecule has 6 heteroatoms. The second-order valence-corrected chi connectivity index (χ2v) is 7.29. The van der Waals surface area contributed by atoms with Crippen LogP contribution in [0.2, 0.25) is 0 Å². The average molecular weight is 391 g/mol. The number of carbonyl (C=O) groups excluding carboxylic acids is 1. The Hall–Kier alpha value is -2.34. The van der Waals surface area contributed by atoms with Crippen LogP contribution in [0.25, 0.3) is 0 Å². The minimum atomic E-state index is -4.48. The van der Waals surface area contributed by atoms with Crippen LogP contribution in [0, 0.1) is 12.8 Å². The summed E-state index contributed by atoms with van der Waals surface area (Å²) in [5, 5.41) is 2.77. The molecule has 1 atom stereocenters. The molecule has 150 valence electrons. The van der Waals surface area contributed by atoms with Crippen LogP contribution in [-0.4, -0.2) is 19.1 Å². The summed E-state index contributed by atoms with van der Waals surface area (Å²) in [7, 11) is 0. The summed E-state index contributed by atoms with van der Waals surface area (Å²) in [4.78, 5) is 12.5. The van der Waals surface area contributed by atoms with Crippen LogP contribution in [0.1, 0.15) is 52.7 Å². The van der Waals surface area contributed by atoms with E-state index < -0.39 is 17.6 Å². The lowest BCUT2D eigenvalue weighted by Gasteiger charge is -2.29. The summed E-state index contributed by atoms with van der Waals surface area (Å²) in [6.07, 6.45) is -2.48. The highest BCUT2D eigenvalue weighted by Gasteiger charge is 2.31. The Morgan fingerprint density at radius 3 is 2.50 bits per heavy atom. The number of ether oxygens (including phenoxy) is 1. The van der Waals surface area contributed by atoms with Crippen LogP contribution < -0.4 is 5.32 Å². The van der Waals surface area contributed by atoms with Crippen molar-refractivity contribution in [1.82, 2.24) is 0 Å². The zero-order chi connectivity index (χ0) is 20.3. The van der Waals surface area contributed by atoms with Gasteiger partial charge in [0.1, 0.15) is 0 Å². The third kappa shape index (κ3) is 4.55. The molecule has 0 bridgehead atoms. The van der Waals surface area contributed by atoms with Gasteiger partial charge in [-0.15, -0.1) is 0 Å². The number of hydrogen-bond donors (Lipinski definition) is 1. The number of hydrogen-bond acceptors (Lipinski definition) is 2. The molecule has 1 saturated heterocycles. The summed E-state index contributed by atoms with van der Waals surface area (Å²) in [6.45, 7) is 5.64. The summed E-state index contributed by atoms with van der Waals surface area (Å²) < 4.78 is 44.1. The Labute approximate surface area is 162 Å². The third-order valence-corrected chi connectivity index (χ3v) is 5.54. The molecule has 1 heterocycles. The zero-order valence-electron chi connectivity index (χ0n) is 16.0. The Balaban J connectivity index is 1.80. The molecular formula is C22H24F3NO2. The molecule has 1 N–H and O–H groups in total. The molecule has 0 aliphatic carbocycles. The van der Waals surface area contributed by atoms with Gasteiger partial charge in [-0.1, -0.05) is 25.1 Å². The number of amides is 1. The summed E-state index contributed by atoms with van der Waals surface area (Å²) in [5.74, 6) is 0.279. The van der Waals surface area contributed by atoms with Gasteiger partial charge in [-0.05, 0) is 67.0 Å². The van der Waals surface area contributed by atoms with Crippen molar-refractivity contribution in [2.45, 2.75) is 38.8 Å². The predicted molar refractivity (Wildman–Crippen MR) is 103 cm³/mol. The number of anilines is 1. The fraction of sp³-hybridized carbons (Fsp3) is 0.409. The van der Waals surface area contributed by atoms with Crippen molar-refractivity contribution >= 4 is 11.6 Å². The van der Waals surface area contributed by atoms with Crippen LogP contribution >= 0.6 is 0 Å². The van der Waals surface area contributed by atoms with Crippen LogP contribution in [0.15, 0.2) is 42.5 Å². The molecule has 0 spiro atoms. The van der Waals surface area contributed by atoms with E-state index in [1.807, 2.05) is 13.0 Å². The Kier molecular flexibility index (Phi) is 6.08. The molecule has 1 amide bonds. The van der Waals surface area contributed by atoms with Gasteiger partial charge >= 0.3 is 6.18 Å². The number of halogens is 3. The molecule has 3 rings (SSSR count). The van der Waals surface area contributed by atoms with Crippen molar-refractivity contribution in [1.29, 1.82) is 0 Å². The molecule has 1 aliphatic rings. The van der Waals surface area contributed by atoms with E-state index in [9.17, 15) is 18.0 Å². The van der Waals surface area contributed by atoms with Crippen LogP contribution in [0.4, 0.5) is 18.9 Å². The maximum absolute atomic E-state index is 12.9. The lowest BCUT2D eigenvalue weighted by Crippen LogP contribution is -2.21. The van der Waals surface area contributed by atoms with E-state index in [1.54, 1.807) is 6.07 Å². The van der Waals surface area contributed by atoms with Crippen molar-refractivity contribution in [3.05, 3.63) is 64.7 Å². The maximum Gasteiger partial charge on any atom is 0.416 e. The van der Waals surface area contributed by atoms with E-state index in [2.05, 4.69) is 18.3 Å². The molecule has 0 saturated carbocycles. The van der Waals surface area contributed by atoms with Gasteiger partial charge in [0.15, 0.2) is 0 Å². The first-order valence-electron chi connectivity index (χ1n) is 9.43. The van der Waals surface area contributed by atoms with Crippen molar-refractivity contribution in [3.8, 4) is 0 Å². The van der Waals surface area contributed by atoms with E-state index in [1.165, 1.54) is 12.1 Å². The molecule has 1 fully saturated rings. The smallest absolute Gasteiger partial charge is 0.381 e. The molecule has 2 aromatic carbocycles. The van der Waals surface area contributed by atoms with Gasteiger partial charge in [0.05, 0.1) is 5.56 Å². The SMILES string of the molecule is Cc1c(NC(=O)c2cccc(C(F)(F)F)c2)cccc1C(C)C1CCOCC1. The third-order valence-electron chi connectivity index (χ3n) is 5.54. The fourth-order valence-corrected chi connectivity index (χ4v) is 3.78. The van der Waals surface area contributed by atoms with Crippen molar-refractivity contribution in [2.75, 3.05) is 18.5 Å². The lowest BCUT2D eigenvalue weighted by molar-refractivity contribution is -0.137. The monoisotopic (exact) mass is 391 g/mol.